The molecule has 0 amide bonds. The summed E-state index contributed by atoms with van der Waals surface area (Å²) in [5.74, 6) is -5.99. The van der Waals surface area contributed by atoms with Gasteiger partial charge in [0.15, 0.2) is 11.6 Å². The van der Waals surface area contributed by atoms with Crippen LogP contribution >= 0.6 is 11.8 Å². The first kappa shape index (κ1) is 12.0. The maximum Gasteiger partial charge on any atom is 0.252 e. The summed E-state index contributed by atoms with van der Waals surface area (Å²) in [5, 5.41) is 0. The van der Waals surface area contributed by atoms with Gasteiger partial charge in [-0.15, -0.1) is 0 Å². The third kappa shape index (κ3) is 2.14. The van der Waals surface area contributed by atoms with Crippen molar-refractivity contribution in [3.63, 3.8) is 0 Å². The van der Waals surface area contributed by atoms with E-state index < -0.39 is 28.4 Å². The predicted molar refractivity (Wildman–Crippen MR) is 51.6 cm³/mol. The fourth-order valence-electron chi connectivity index (χ4n) is 1.15. The summed E-state index contributed by atoms with van der Waals surface area (Å²) in [6.07, 6.45) is 1.31. The highest BCUT2D eigenvalue weighted by molar-refractivity contribution is 7.99. The zero-order valence-electron chi connectivity index (χ0n) is 8.43. The molecule has 2 aromatic heterocycles. The highest BCUT2D eigenvalue weighted by atomic mass is 32.2. The van der Waals surface area contributed by atoms with Crippen molar-refractivity contribution in [1.82, 2.24) is 4.98 Å². The van der Waals surface area contributed by atoms with Gasteiger partial charge >= 0.3 is 0 Å². The van der Waals surface area contributed by atoms with Gasteiger partial charge in [0, 0.05) is 0 Å². The Labute approximate surface area is 97.7 Å². The average Bonchev–Trinajstić information content (AvgIpc) is 2.68. The number of pyridine rings is 1. The Morgan fingerprint density at radius 1 is 1.12 bits per heavy atom. The van der Waals surface area contributed by atoms with Gasteiger partial charge in [-0.05, 0) is 13.0 Å². The molecule has 0 aliphatic carbocycles. The molecule has 0 aliphatic heterocycles. The Morgan fingerprint density at radius 2 is 1.71 bits per heavy atom. The van der Waals surface area contributed by atoms with Crippen LogP contribution in [0.5, 0.6) is 0 Å². The lowest BCUT2D eigenvalue weighted by Crippen LogP contribution is -2.01. The number of nitrogens with zero attached hydrogens (tertiary/aromatic N) is 1. The van der Waals surface area contributed by atoms with Crippen LogP contribution in [0, 0.1) is 30.5 Å². The smallest absolute Gasteiger partial charge is 0.252 e. The van der Waals surface area contributed by atoms with E-state index in [1.807, 2.05) is 0 Å². The Morgan fingerprint density at radius 3 is 2.18 bits per heavy atom. The normalized spacial score (nSPS) is 10.9. The van der Waals surface area contributed by atoms with Gasteiger partial charge in [-0.2, -0.15) is 13.8 Å². The van der Waals surface area contributed by atoms with E-state index in [4.69, 9.17) is 4.42 Å². The van der Waals surface area contributed by atoms with Crippen molar-refractivity contribution >= 4 is 11.8 Å². The molecule has 0 aromatic carbocycles. The van der Waals surface area contributed by atoms with E-state index in [2.05, 4.69) is 4.98 Å². The molecule has 0 saturated heterocycles. The predicted octanol–water partition coefficient (Wildman–Crippen LogP) is 3.69. The Bertz CT molecular complexity index is 543. The molecule has 0 spiro atoms. The van der Waals surface area contributed by atoms with E-state index in [1.54, 1.807) is 6.92 Å². The number of furan rings is 1. The van der Waals surface area contributed by atoms with Crippen molar-refractivity contribution in [3.05, 3.63) is 41.6 Å². The molecule has 2 rings (SSSR count). The molecule has 0 saturated carbocycles. The van der Waals surface area contributed by atoms with E-state index >= 15 is 0 Å². The van der Waals surface area contributed by atoms with Gasteiger partial charge in [-0.1, -0.05) is 11.8 Å². The number of halogens is 4. The molecule has 0 radical (unpaired) electrons. The van der Waals surface area contributed by atoms with Crippen molar-refractivity contribution in [2.24, 2.45) is 0 Å². The minimum absolute atomic E-state index is 0.368. The summed E-state index contributed by atoms with van der Waals surface area (Å²) in [4.78, 5) is 2.06. The van der Waals surface area contributed by atoms with Crippen molar-refractivity contribution in [1.29, 1.82) is 0 Å². The van der Waals surface area contributed by atoms with Crippen LogP contribution in [0.1, 0.15) is 5.76 Å². The Kier molecular flexibility index (Phi) is 3.10. The summed E-state index contributed by atoms with van der Waals surface area (Å²) < 4.78 is 57.1. The Balaban J connectivity index is 2.49. The van der Waals surface area contributed by atoms with Gasteiger partial charge in [-0.25, -0.2) is 8.78 Å². The second-order valence-electron chi connectivity index (χ2n) is 3.09. The summed E-state index contributed by atoms with van der Waals surface area (Å²) in [6, 6.07) is 1.44. The maximum atomic E-state index is 13.3. The van der Waals surface area contributed by atoms with Gasteiger partial charge in [0.1, 0.15) is 5.76 Å². The topological polar surface area (TPSA) is 26.0 Å². The van der Waals surface area contributed by atoms with E-state index in [1.165, 1.54) is 12.3 Å². The van der Waals surface area contributed by atoms with Crippen LogP contribution in [0.2, 0.25) is 0 Å². The molecule has 0 bridgehead atoms. The van der Waals surface area contributed by atoms with Gasteiger partial charge in [-0.3, -0.25) is 0 Å². The van der Waals surface area contributed by atoms with Crippen LogP contribution < -0.4 is 0 Å². The second kappa shape index (κ2) is 4.40. The molecule has 0 N–H and O–H groups in total. The van der Waals surface area contributed by atoms with E-state index in [-0.39, 0.29) is 0 Å². The first-order valence-electron chi connectivity index (χ1n) is 4.42. The van der Waals surface area contributed by atoms with Crippen LogP contribution in [0.4, 0.5) is 17.6 Å². The fraction of sp³-hybridized carbons (Fsp3) is 0.100. The minimum atomic E-state index is -1.67. The summed E-state index contributed by atoms with van der Waals surface area (Å²) in [7, 11) is 0. The number of hydrogen-bond donors (Lipinski definition) is 0. The largest absolute Gasteiger partial charge is 0.468 e. The number of hydrogen-bond acceptors (Lipinski definition) is 3. The molecule has 2 heterocycles. The van der Waals surface area contributed by atoms with Gasteiger partial charge < -0.3 is 4.42 Å². The van der Waals surface area contributed by atoms with Crippen LogP contribution in [0.25, 0.3) is 0 Å². The molecule has 7 heteroatoms. The molecular weight excluding hydrogens is 258 g/mol. The number of aryl methyl sites for hydroxylation is 1. The summed E-state index contributed by atoms with van der Waals surface area (Å²) in [5.41, 5.74) is 0. The zero-order valence-corrected chi connectivity index (χ0v) is 9.25. The molecule has 0 atom stereocenters. The molecule has 2 aromatic rings. The first-order chi connectivity index (χ1) is 8.00. The second-order valence-corrected chi connectivity index (χ2v) is 4.15. The lowest BCUT2D eigenvalue weighted by atomic mass is 10.4. The lowest BCUT2D eigenvalue weighted by molar-refractivity contribution is 0.383. The molecule has 2 nitrogen and oxygen atoms in total. The summed E-state index contributed by atoms with van der Waals surface area (Å²) in [6.45, 7) is 1.56. The quantitative estimate of drug-likeness (QED) is 0.610. The molecule has 0 fully saturated rings. The Hall–Kier alpha value is -1.50. The van der Waals surface area contributed by atoms with Crippen molar-refractivity contribution in [2.75, 3.05) is 0 Å². The lowest BCUT2D eigenvalue weighted by Gasteiger charge is -2.04. The van der Waals surface area contributed by atoms with Gasteiger partial charge in [0.25, 0.3) is 11.9 Å². The molecule has 0 unspecified atom stereocenters. The molecule has 90 valence electrons. The highest BCUT2D eigenvalue weighted by Crippen LogP contribution is 2.35. The fourth-order valence-corrected chi connectivity index (χ4v) is 2.03. The maximum absolute atomic E-state index is 13.3. The summed E-state index contributed by atoms with van der Waals surface area (Å²) >= 11 is 0.539. The monoisotopic (exact) mass is 263 g/mol. The highest BCUT2D eigenvalue weighted by Gasteiger charge is 2.22. The first-order valence-corrected chi connectivity index (χ1v) is 5.24. The molecule has 17 heavy (non-hydrogen) atoms. The van der Waals surface area contributed by atoms with Crippen molar-refractivity contribution in [2.45, 2.75) is 16.7 Å². The van der Waals surface area contributed by atoms with Crippen molar-refractivity contribution in [3.8, 4) is 0 Å². The van der Waals surface area contributed by atoms with Crippen LogP contribution in [0.15, 0.2) is 26.5 Å². The van der Waals surface area contributed by atoms with E-state index in [0.717, 1.165) is 0 Å². The minimum Gasteiger partial charge on any atom is -0.468 e. The number of aromatic nitrogens is 1. The van der Waals surface area contributed by atoms with Gasteiger partial charge in [0.05, 0.1) is 16.1 Å². The molecular formula is C10H5F4NOS. The van der Waals surface area contributed by atoms with E-state index in [0.29, 0.717) is 22.4 Å². The third-order valence-corrected chi connectivity index (χ3v) is 3.19. The standard InChI is InChI=1S/C10H5F4NOS/c1-4-5(2-3-16-4)17-8-6(11)9(13)15-10(14)7(8)12/h2-3H,1H3. The van der Waals surface area contributed by atoms with E-state index in [9.17, 15) is 17.6 Å². The van der Waals surface area contributed by atoms with Crippen LogP contribution in [-0.4, -0.2) is 4.98 Å². The van der Waals surface area contributed by atoms with Crippen molar-refractivity contribution < 1.29 is 22.0 Å². The SMILES string of the molecule is Cc1occc1Sc1c(F)c(F)nc(F)c1F. The van der Waals surface area contributed by atoms with Crippen LogP contribution in [-0.2, 0) is 0 Å². The average molecular weight is 263 g/mol. The van der Waals surface area contributed by atoms with Gasteiger partial charge in [0.2, 0.25) is 0 Å². The van der Waals surface area contributed by atoms with Crippen LogP contribution in [0.3, 0.4) is 0 Å². The number of rotatable bonds is 2. The third-order valence-electron chi connectivity index (χ3n) is 1.98. The molecule has 0 aliphatic rings. The zero-order chi connectivity index (χ0) is 12.6.